The van der Waals surface area contributed by atoms with Crippen molar-refractivity contribution in [2.45, 2.75) is 26.3 Å². The van der Waals surface area contributed by atoms with Crippen molar-refractivity contribution in [3.05, 3.63) is 23.3 Å². The minimum Gasteiger partial charge on any atom is -0.454 e. The highest BCUT2D eigenvalue weighted by atomic mass is 16.7. The van der Waals surface area contributed by atoms with E-state index in [-0.39, 0.29) is 6.04 Å². The van der Waals surface area contributed by atoms with Crippen LogP contribution < -0.4 is 20.9 Å². The predicted octanol–water partition coefficient (Wildman–Crippen LogP) is 1.71. The Labute approximate surface area is 102 Å². The molecule has 4 heteroatoms. The summed E-state index contributed by atoms with van der Waals surface area (Å²) in [6.07, 6.45) is 0.926. The van der Waals surface area contributed by atoms with Crippen LogP contribution in [0, 0.1) is 12.8 Å². The van der Waals surface area contributed by atoms with E-state index in [1.54, 1.807) is 0 Å². The number of hydrogen-bond donors (Lipinski definition) is 2. The Balaban J connectivity index is 2.26. The second-order valence-electron chi connectivity index (χ2n) is 4.64. The lowest BCUT2D eigenvalue weighted by molar-refractivity contribution is 0.174. The van der Waals surface area contributed by atoms with E-state index in [0.717, 1.165) is 29.0 Å². The van der Waals surface area contributed by atoms with Gasteiger partial charge in [0, 0.05) is 6.04 Å². The fourth-order valence-corrected chi connectivity index (χ4v) is 2.17. The molecule has 0 aromatic heterocycles. The topological polar surface area (TPSA) is 70.5 Å². The number of rotatable bonds is 4. The van der Waals surface area contributed by atoms with Crippen molar-refractivity contribution in [1.29, 1.82) is 0 Å². The molecular formula is C13H20N2O2. The summed E-state index contributed by atoms with van der Waals surface area (Å²) < 4.78 is 10.7. The van der Waals surface area contributed by atoms with Crippen LogP contribution >= 0.6 is 0 Å². The molecule has 17 heavy (non-hydrogen) atoms. The van der Waals surface area contributed by atoms with E-state index in [2.05, 4.69) is 6.92 Å². The molecule has 1 aliphatic rings. The third-order valence-corrected chi connectivity index (χ3v) is 3.36. The Bertz CT molecular complexity index is 407. The van der Waals surface area contributed by atoms with Gasteiger partial charge in [0.25, 0.3) is 0 Å². The second kappa shape index (κ2) is 4.94. The maximum absolute atomic E-state index is 6.27. The molecule has 2 atom stereocenters. The van der Waals surface area contributed by atoms with Gasteiger partial charge in [-0.15, -0.1) is 0 Å². The van der Waals surface area contributed by atoms with Crippen molar-refractivity contribution in [2.24, 2.45) is 17.4 Å². The third kappa shape index (κ3) is 2.37. The summed E-state index contributed by atoms with van der Waals surface area (Å²) in [5.74, 6) is 1.96. The minimum atomic E-state index is -0.00644. The number of ether oxygens (including phenoxy) is 2. The van der Waals surface area contributed by atoms with Gasteiger partial charge in [-0.1, -0.05) is 6.92 Å². The van der Waals surface area contributed by atoms with Crippen LogP contribution in [0.2, 0.25) is 0 Å². The number of fused-ring (bicyclic) bond motifs is 1. The lowest BCUT2D eigenvalue weighted by atomic mass is 9.90. The van der Waals surface area contributed by atoms with Gasteiger partial charge in [-0.05, 0) is 49.1 Å². The minimum absolute atomic E-state index is 0.00644. The summed E-state index contributed by atoms with van der Waals surface area (Å²) in [6, 6.07) is 3.98. The standard InChI is InChI=1S/C13H20N2O2/c1-8(3-4-14)13(15)10-6-12-11(5-9(10)2)16-7-17-12/h5-6,8,13H,3-4,7,14-15H2,1-2H3. The molecule has 0 saturated carbocycles. The van der Waals surface area contributed by atoms with Gasteiger partial charge in [0.05, 0.1) is 0 Å². The first kappa shape index (κ1) is 12.2. The molecule has 0 saturated heterocycles. The summed E-state index contributed by atoms with van der Waals surface area (Å²) in [6.45, 7) is 5.14. The van der Waals surface area contributed by atoms with E-state index >= 15 is 0 Å². The van der Waals surface area contributed by atoms with Crippen molar-refractivity contribution in [3.8, 4) is 11.5 Å². The molecule has 1 aromatic carbocycles. The first-order valence-electron chi connectivity index (χ1n) is 5.99. The molecular weight excluding hydrogens is 216 g/mol. The second-order valence-corrected chi connectivity index (χ2v) is 4.64. The van der Waals surface area contributed by atoms with E-state index < -0.39 is 0 Å². The largest absolute Gasteiger partial charge is 0.454 e. The Morgan fingerprint density at radius 2 is 1.94 bits per heavy atom. The monoisotopic (exact) mass is 236 g/mol. The molecule has 0 radical (unpaired) electrons. The van der Waals surface area contributed by atoms with Gasteiger partial charge in [-0.2, -0.15) is 0 Å². The fourth-order valence-electron chi connectivity index (χ4n) is 2.17. The van der Waals surface area contributed by atoms with Crippen LogP contribution in [-0.2, 0) is 0 Å². The molecule has 0 spiro atoms. The highest BCUT2D eigenvalue weighted by molar-refractivity contribution is 5.49. The smallest absolute Gasteiger partial charge is 0.231 e. The Kier molecular flexibility index (Phi) is 3.54. The fraction of sp³-hybridized carbons (Fsp3) is 0.538. The zero-order valence-corrected chi connectivity index (χ0v) is 10.4. The van der Waals surface area contributed by atoms with Crippen LogP contribution in [0.5, 0.6) is 11.5 Å². The Hall–Kier alpha value is -1.26. The summed E-state index contributed by atoms with van der Waals surface area (Å²) in [5.41, 5.74) is 14.1. The molecule has 94 valence electrons. The van der Waals surface area contributed by atoms with Gasteiger partial charge in [0.2, 0.25) is 6.79 Å². The van der Waals surface area contributed by atoms with Gasteiger partial charge >= 0.3 is 0 Å². The lowest BCUT2D eigenvalue weighted by Gasteiger charge is -2.21. The summed E-state index contributed by atoms with van der Waals surface area (Å²) in [4.78, 5) is 0. The molecule has 0 amide bonds. The molecule has 4 nitrogen and oxygen atoms in total. The SMILES string of the molecule is Cc1cc2c(cc1C(N)C(C)CCN)OCO2. The number of aryl methyl sites for hydroxylation is 1. The average Bonchev–Trinajstić information content (AvgIpc) is 2.74. The van der Waals surface area contributed by atoms with Crippen LogP contribution in [0.3, 0.4) is 0 Å². The van der Waals surface area contributed by atoms with Crippen molar-refractivity contribution in [1.82, 2.24) is 0 Å². The maximum atomic E-state index is 6.27. The van der Waals surface area contributed by atoms with Crippen LogP contribution in [0.25, 0.3) is 0 Å². The normalized spacial score (nSPS) is 16.9. The quantitative estimate of drug-likeness (QED) is 0.835. The van der Waals surface area contributed by atoms with Crippen LogP contribution in [0.1, 0.15) is 30.5 Å². The molecule has 4 N–H and O–H groups in total. The van der Waals surface area contributed by atoms with E-state index in [1.165, 1.54) is 0 Å². The molecule has 1 aliphatic heterocycles. The zero-order valence-electron chi connectivity index (χ0n) is 10.4. The predicted molar refractivity (Wildman–Crippen MR) is 67.1 cm³/mol. The van der Waals surface area contributed by atoms with E-state index in [0.29, 0.717) is 19.3 Å². The molecule has 2 rings (SSSR count). The summed E-state index contributed by atoms with van der Waals surface area (Å²) in [5, 5.41) is 0. The van der Waals surface area contributed by atoms with Crippen LogP contribution in [0.15, 0.2) is 12.1 Å². The van der Waals surface area contributed by atoms with Crippen LogP contribution in [-0.4, -0.2) is 13.3 Å². The van der Waals surface area contributed by atoms with Gasteiger partial charge in [0.15, 0.2) is 11.5 Å². The van der Waals surface area contributed by atoms with E-state index in [4.69, 9.17) is 20.9 Å². The van der Waals surface area contributed by atoms with Crippen LogP contribution in [0.4, 0.5) is 0 Å². The van der Waals surface area contributed by atoms with Gasteiger partial charge in [-0.3, -0.25) is 0 Å². The molecule has 1 aromatic rings. The van der Waals surface area contributed by atoms with E-state index in [9.17, 15) is 0 Å². The van der Waals surface area contributed by atoms with Gasteiger partial charge in [0.1, 0.15) is 0 Å². The molecule has 0 aliphatic carbocycles. The Morgan fingerprint density at radius 1 is 1.29 bits per heavy atom. The maximum Gasteiger partial charge on any atom is 0.231 e. The number of benzene rings is 1. The first-order chi connectivity index (χ1) is 8.13. The van der Waals surface area contributed by atoms with E-state index in [1.807, 2.05) is 19.1 Å². The summed E-state index contributed by atoms with van der Waals surface area (Å²) >= 11 is 0. The van der Waals surface area contributed by atoms with Crippen molar-refractivity contribution in [2.75, 3.05) is 13.3 Å². The zero-order chi connectivity index (χ0) is 12.4. The number of hydrogen-bond acceptors (Lipinski definition) is 4. The third-order valence-electron chi connectivity index (χ3n) is 3.36. The highest BCUT2D eigenvalue weighted by Crippen LogP contribution is 2.37. The van der Waals surface area contributed by atoms with Gasteiger partial charge < -0.3 is 20.9 Å². The van der Waals surface area contributed by atoms with Crippen molar-refractivity contribution >= 4 is 0 Å². The summed E-state index contributed by atoms with van der Waals surface area (Å²) in [7, 11) is 0. The van der Waals surface area contributed by atoms with Crippen molar-refractivity contribution < 1.29 is 9.47 Å². The lowest BCUT2D eigenvalue weighted by Crippen LogP contribution is -2.22. The molecule has 0 bridgehead atoms. The Morgan fingerprint density at radius 3 is 2.59 bits per heavy atom. The molecule has 0 fully saturated rings. The highest BCUT2D eigenvalue weighted by Gasteiger charge is 2.21. The first-order valence-corrected chi connectivity index (χ1v) is 5.99. The average molecular weight is 236 g/mol. The van der Waals surface area contributed by atoms with Gasteiger partial charge in [-0.25, -0.2) is 0 Å². The molecule has 2 unspecified atom stereocenters. The number of nitrogens with two attached hydrogens (primary N) is 2. The molecule has 1 heterocycles. The van der Waals surface area contributed by atoms with Crippen molar-refractivity contribution in [3.63, 3.8) is 0 Å².